The normalized spacial score (nSPS) is 11.4. The highest BCUT2D eigenvalue weighted by molar-refractivity contribution is 5.98. The van der Waals surface area contributed by atoms with Crippen molar-refractivity contribution >= 4 is 11.5 Å². The summed E-state index contributed by atoms with van der Waals surface area (Å²) in [5.41, 5.74) is 5.44. The number of nitrogens with one attached hydrogen (secondary N) is 1. The molecule has 1 aromatic heterocycles. The van der Waals surface area contributed by atoms with Gasteiger partial charge in [-0.05, 0) is 79.8 Å². The van der Waals surface area contributed by atoms with Gasteiger partial charge in [0.15, 0.2) is 17.2 Å². The van der Waals surface area contributed by atoms with Crippen LogP contribution in [0.25, 0.3) is 22.8 Å². The Balaban J connectivity index is 0.000000467. The maximum absolute atomic E-state index is 12.1. The van der Waals surface area contributed by atoms with E-state index in [2.05, 4.69) is 68.5 Å². The zero-order valence-corrected chi connectivity index (χ0v) is 28.3. The third kappa shape index (κ3) is 10.6. The number of likely N-dealkylation sites (N-methyl/N-ethyl adjacent to an activating group) is 1. The Labute approximate surface area is 260 Å². The molecule has 6 heteroatoms. The molecule has 0 aliphatic carbocycles. The molecule has 0 radical (unpaired) electrons. The van der Waals surface area contributed by atoms with E-state index in [-0.39, 0.29) is 11.2 Å². The van der Waals surface area contributed by atoms with E-state index in [9.17, 15) is 4.79 Å². The Bertz CT molecular complexity index is 1320. The largest absolute Gasteiger partial charge is 0.495 e. The summed E-state index contributed by atoms with van der Waals surface area (Å²) in [5.74, 6) is 1.74. The minimum atomic E-state index is -0.112. The van der Waals surface area contributed by atoms with Crippen molar-refractivity contribution in [1.82, 2.24) is 9.88 Å². The smallest absolute Gasteiger partial charge is 0.227 e. The van der Waals surface area contributed by atoms with Crippen molar-refractivity contribution in [2.24, 2.45) is 0 Å². The minimum absolute atomic E-state index is 0.0832. The number of anilines is 1. The van der Waals surface area contributed by atoms with Gasteiger partial charge in [0.05, 0.1) is 12.8 Å². The zero-order valence-electron chi connectivity index (χ0n) is 28.3. The number of rotatable bonds is 11. The van der Waals surface area contributed by atoms with Gasteiger partial charge in [0.1, 0.15) is 5.76 Å². The number of hydrogen-bond donors (Lipinski definition) is 1. The number of methoxy groups -OCH3 is 1. The molecule has 0 aliphatic rings. The van der Waals surface area contributed by atoms with Crippen LogP contribution in [0, 0.1) is 0 Å². The van der Waals surface area contributed by atoms with Crippen LogP contribution in [0.4, 0.5) is 5.69 Å². The second-order valence-corrected chi connectivity index (χ2v) is 10.6. The number of allylic oxidation sites excluding steroid dienone is 3. The monoisotopic (exact) mass is 587 g/mol. The van der Waals surface area contributed by atoms with Crippen molar-refractivity contribution in [3.63, 3.8) is 0 Å². The van der Waals surface area contributed by atoms with Gasteiger partial charge in [-0.1, -0.05) is 66.3 Å². The zero-order chi connectivity index (χ0) is 32.6. The number of nitrogens with zero attached hydrogens (tertiary/aromatic N) is 2. The topological polar surface area (TPSA) is 67.6 Å². The number of carbonyl (C=O) groups is 1. The van der Waals surface area contributed by atoms with E-state index in [1.54, 1.807) is 7.11 Å². The lowest BCUT2D eigenvalue weighted by molar-refractivity contribution is 0.101. The van der Waals surface area contributed by atoms with E-state index in [0.717, 1.165) is 47.8 Å². The van der Waals surface area contributed by atoms with E-state index >= 15 is 0 Å². The first kappa shape index (κ1) is 37.0. The molecule has 0 amide bonds. The second kappa shape index (κ2) is 18.5. The van der Waals surface area contributed by atoms with Crippen molar-refractivity contribution in [2.75, 3.05) is 32.6 Å². The van der Waals surface area contributed by atoms with Gasteiger partial charge in [0.25, 0.3) is 0 Å². The lowest BCUT2D eigenvalue weighted by atomic mass is 9.87. The van der Waals surface area contributed by atoms with Gasteiger partial charge in [-0.2, -0.15) is 0 Å². The summed E-state index contributed by atoms with van der Waals surface area (Å²) < 4.78 is 11.3. The first-order chi connectivity index (χ1) is 20.5. The molecular weight excluding hydrogens is 534 g/mol. The van der Waals surface area contributed by atoms with Crippen molar-refractivity contribution in [1.29, 1.82) is 0 Å². The van der Waals surface area contributed by atoms with Gasteiger partial charge in [-0.15, -0.1) is 0 Å². The molecule has 0 unspecified atom stereocenters. The Morgan fingerprint density at radius 1 is 1.05 bits per heavy atom. The van der Waals surface area contributed by atoms with Crippen LogP contribution in [0.1, 0.15) is 84.8 Å². The molecule has 43 heavy (non-hydrogen) atoms. The van der Waals surface area contributed by atoms with Crippen LogP contribution in [-0.4, -0.2) is 42.9 Å². The second-order valence-electron chi connectivity index (χ2n) is 10.6. The van der Waals surface area contributed by atoms with Gasteiger partial charge < -0.3 is 19.4 Å². The van der Waals surface area contributed by atoms with Crippen molar-refractivity contribution < 1.29 is 13.9 Å². The lowest BCUT2D eigenvalue weighted by Gasteiger charge is -2.24. The fourth-order valence-electron chi connectivity index (χ4n) is 4.29. The molecule has 0 atom stereocenters. The average Bonchev–Trinajstić information content (AvgIpc) is 3.47. The predicted octanol–water partition coefficient (Wildman–Crippen LogP) is 9.91. The number of hydrogen-bond acceptors (Lipinski definition) is 6. The molecule has 234 valence electrons. The van der Waals surface area contributed by atoms with Crippen LogP contribution in [0.2, 0.25) is 0 Å². The van der Waals surface area contributed by atoms with E-state index in [1.165, 1.54) is 12.5 Å². The van der Waals surface area contributed by atoms with Gasteiger partial charge >= 0.3 is 0 Å². The first-order valence-electron chi connectivity index (χ1n) is 15.2. The molecule has 0 saturated heterocycles. The molecule has 0 aliphatic heterocycles. The van der Waals surface area contributed by atoms with E-state index in [0.29, 0.717) is 17.3 Å². The summed E-state index contributed by atoms with van der Waals surface area (Å²) in [5, 5.41) is 3.08. The van der Waals surface area contributed by atoms with Crippen LogP contribution in [0.5, 0.6) is 0 Å². The molecule has 3 aromatic rings. The van der Waals surface area contributed by atoms with Crippen LogP contribution < -0.4 is 5.32 Å². The van der Waals surface area contributed by atoms with E-state index in [1.807, 2.05) is 82.4 Å². The van der Waals surface area contributed by atoms with E-state index in [4.69, 9.17) is 9.15 Å². The predicted molar refractivity (Wildman–Crippen MR) is 184 cm³/mol. The first-order valence-corrected chi connectivity index (χ1v) is 15.2. The molecule has 3 rings (SSSR count). The number of oxazole rings is 1. The highest BCUT2D eigenvalue weighted by Crippen LogP contribution is 2.32. The molecule has 0 saturated carbocycles. The van der Waals surface area contributed by atoms with Gasteiger partial charge in [0.2, 0.25) is 5.89 Å². The summed E-state index contributed by atoms with van der Waals surface area (Å²) >= 11 is 0. The molecule has 1 heterocycles. The summed E-state index contributed by atoms with van der Waals surface area (Å²) in [4.78, 5) is 18.8. The van der Waals surface area contributed by atoms with E-state index < -0.39 is 0 Å². The molecule has 1 N–H and O–H groups in total. The Hall–Kier alpha value is -4.06. The number of ketones is 1. The van der Waals surface area contributed by atoms with Crippen molar-refractivity contribution in [3.8, 4) is 22.8 Å². The fourth-order valence-corrected chi connectivity index (χ4v) is 4.29. The molecular formula is C37H53N3O3. The average molecular weight is 588 g/mol. The third-order valence-electron chi connectivity index (χ3n) is 6.59. The SMILES string of the molecule is C=C/C(=C(\C=C/C)OC)N(CC)CCC.CC.CNc1ccc(-c2oc(-c3ccc(C(C)(C)C)cc3)nc2C(C)=O)cc1. The highest BCUT2D eigenvalue weighted by atomic mass is 16.5. The molecule has 0 bridgehead atoms. The Kier molecular flexibility index (Phi) is 15.9. The van der Waals surface area contributed by atoms with Crippen LogP contribution in [0.3, 0.4) is 0 Å². The molecule has 6 nitrogen and oxygen atoms in total. The summed E-state index contributed by atoms with van der Waals surface area (Å²) in [7, 11) is 3.56. The van der Waals surface area contributed by atoms with Gasteiger partial charge in [-0.25, -0.2) is 4.98 Å². The highest BCUT2D eigenvalue weighted by Gasteiger charge is 2.20. The van der Waals surface area contributed by atoms with Crippen molar-refractivity contribution in [3.05, 3.63) is 96.1 Å². The van der Waals surface area contributed by atoms with Crippen LogP contribution >= 0.6 is 0 Å². The van der Waals surface area contributed by atoms with Gasteiger partial charge in [0, 0.05) is 43.9 Å². The lowest BCUT2D eigenvalue weighted by Crippen LogP contribution is -2.24. The molecule has 0 fully saturated rings. The fraction of sp³-hybridized carbons (Fsp3) is 0.405. The number of carbonyl (C=O) groups excluding carboxylic acids is 1. The number of Topliss-reactive ketones (excluding diaryl/α,β-unsaturated/α-hetero) is 1. The maximum Gasteiger partial charge on any atom is 0.227 e. The van der Waals surface area contributed by atoms with Crippen LogP contribution in [-0.2, 0) is 10.2 Å². The summed E-state index contributed by atoms with van der Waals surface area (Å²) in [6, 6.07) is 15.9. The Morgan fingerprint density at radius 2 is 1.63 bits per heavy atom. The third-order valence-corrected chi connectivity index (χ3v) is 6.59. The summed E-state index contributed by atoms with van der Waals surface area (Å²) in [6.45, 7) is 24.2. The standard InChI is InChI=1S/C22H24N2O2.C13H23NO.C2H6/c1-14(25)19-20(15-8-12-18(23-5)13-9-15)26-21(24-19)16-6-10-17(11-7-16)22(2,3)4;1-6-10-13(15-5)12(8-3)14(9-4)11-7-2;1-2/h6-13,23H,1-5H3;6,8,10H,3,7,9,11H2,1-2,4-5H3;1-2H3/b;10-6-,13-12-;. The van der Waals surface area contributed by atoms with Crippen molar-refractivity contribution in [2.45, 2.75) is 74.1 Å². The summed E-state index contributed by atoms with van der Waals surface area (Å²) in [6.07, 6.45) is 6.92. The minimum Gasteiger partial charge on any atom is -0.495 e. The molecule has 2 aromatic carbocycles. The number of ether oxygens (including phenoxy) is 1. The van der Waals surface area contributed by atoms with Gasteiger partial charge in [-0.3, -0.25) is 4.79 Å². The maximum atomic E-state index is 12.1. The molecule has 0 spiro atoms. The Morgan fingerprint density at radius 3 is 2.05 bits per heavy atom. The quantitative estimate of drug-likeness (QED) is 0.137. The number of benzene rings is 2. The number of aromatic nitrogens is 1. The van der Waals surface area contributed by atoms with Crippen LogP contribution in [0.15, 0.2) is 89.2 Å².